The Kier molecular flexibility index (Phi) is 4.57. The highest BCUT2D eigenvalue weighted by molar-refractivity contribution is 6.31. The molecule has 3 aromatic rings. The number of aromatic nitrogens is 3. The average Bonchev–Trinajstić information content (AvgIpc) is 2.94. The number of hydrogen-bond donors (Lipinski definition) is 1. The molecule has 0 unspecified atom stereocenters. The Morgan fingerprint density at radius 3 is 2.44 bits per heavy atom. The Balaban J connectivity index is 1.86. The molecular formula is C15H9Cl2F3N4O. The molecule has 3 rings (SSSR count). The average molecular weight is 389 g/mol. The number of pyridine rings is 1. The number of fused-ring (bicyclic) bond motifs is 1. The first-order chi connectivity index (χ1) is 11.8. The minimum absolute atomic E-state index is 0.116. The molecule has 2 aromatic heterocycles. The predicted molar refractivity (Wildman–Crippen MR) is 85.6 cm³/mol. The zero-order valence-electron chi connectivity index (χ0n) is 12.3. The molecule has 25 heavy (non-hydrogen) atoms. The Morgan fingerprint density at radius 2 is 1.80 bits per heavy atom. The number of nitrogens with one attached hydrogen (secondary N) is 1. The van der Waals surface area contributed by atoms with E-state index in [1.165, 1.54) is 18.3 Å². The van der Waals surface area contributed by atoms with E-state index >= 15 is 0 Å². The van der Waals surface area contributed by atoms with E-state index in [2.05, 4.69) is 15.5 Å². The standard InChI is InChI=1S/C15H9Cl2F3N4O/c16-9-3-1-8(2-4-9)14(25)21-6-12-22-23-13-11(15(18,19)20)5-10(17)7-24(12)13/h1-5,7H,6H2,(H,21,25). The van der Waals surface area contributed by atoms with E-state index in [0.29, 0.717) is 10.6 Å². The first kappa shape index (κ1) is 17.5. The molecule has 0 atom stereocenters. The van der Waals surface area contributed by atoms with Gasteiger partial charge >= 0.3 is 6.18 Å². The summed E-state index contributed by atoms with van der Waals surface area (Å²) in [4.78, 5) is 12.1. The third kappa shape index (κ3) is 3.69. The van der Waals surface area contributed by atoms with Crippen molar-refractivity contribution in [1.29, 1.82) is 0 Å². The van der Waals surface area contributed by atoms with Gasteiger partial charge in [-0.2, -0.15) is 13.2 Å². The van der Waals surface area contributed by atoms with Crippen molar-refractivity contribution in [2.45, 2.75) is 12.7 Å². The summed E-state index contributed by atoms with van der Waals surface area (Å²) in [6.45, 7) is -0.125. The molecule has 2 heterocycles. The molecule has 0 spiro atoms. The van der Waals surface area contributed by atoms with Crippen LogP contribution in [0.1, 0.15) is 21.7 Å². The number of hydrogen-bond acceptors (Lipinski definition) is 3. The third-order valence-electron chi connectivity index (χ3n) is 3.36. The second kappa shape index (κ2) is 6.53. The van der Waals surface area contributed by atoms with Crippen LogP contribution in [0, 0.1) is 0 Å². The van der Waals surface area contributed by atoms with Crippen LogP contribution in [0.4, 0.5) is 13.2 Å². The number of benzene rings is 1. The van der Waals surface area contributed by atoms with Crippen molar-refractivity contribution in [1.82, 2.24) is 19.9 Å². The quantitative estimate of drug-likeness (QED) is 0.737. The summed E-state index contributed by atoms with van der Waals surface area (Å²) in [5.74, 6) is -0.309. The van der Waals surface area contributed by atoms with E-state index in [1.807, 2.05) is 0 Å². The smallest absolute Gasteiger partial charge is 0.345 e. The van der Waals surface area contributed by atoms with E-state index in [4.69, 9.17) is 23.2 Å². The van der Waals surface area contributed by atoms with E-state index in [1.54, 1.807) is 12.1 Å². The van der Waals surface area contributed by atoms with Crippen LogP contribution >= 0.6 is 23.2 Å². The van der Waals surface area contributed by atoms with Crippen LogP contribution in [0.5, 0.6) is 0 Å². The number of carbonyl (C=O) groups excluding carboxylic acids is 1. The van der Waals surface area contributed by atoms with Crippen molar-refractivity contribution in [2.75, 3.05) is 0 Å². The molecule has 1 N–H and O–H groups in total. The monoisotopic (exact) mass is 388 g/mol. The fraction of sp³-hybridized carbons (Fsp3) is 0.133. The number of amides is 1. The van der Waals surface area contributed by atoms with Crippen LogP contribution in [0.3, 0.4) is 0 Å². The van der Waals surface area contributed by atoms with Gasteiger partial charge in [0.2, 0.25) is 0 Å². The molecule has 1 amide bonds. The SMILES string of the molecule is O=C(NCc1nnc2c(C(F)(F)F)cc(Cl)cn12)c1ccc(Cl)cc1. The highest BCUT2D eigenvalue weighted by Crippen LogP contribution is 2.33. The summed E-state index contributed by atoms with van der Waals surface area (Å²) in [6, 6.07) is 6.94. The Morgan fingerprint density at radius 1 is 1.12 bits per heavy atom. The lowest BCUT2D eigenvalue weighted by molar-refractivity contribution is -0.136. The minimum atomic E-state index is -4.62. The van der Waals surface area contributed by atoms with Crippen LogP contribution < -0.4 is 5.32 Å². The summed E-state index contributed by atoms with van der Waals surface area (Å²) < 4.78 is 40.3. The lowest BCUT2D eigenvalue weighted by Crippen LogP contribution is -2.24. The van der Waals surface area contributed by atoms with Crippen molar-refractivity contribution in [2.24, 2.45) is 0 Å². The van der Waals surface area contributed by atoms with Gasteiger partial charge in [-0.1, -0.05) is 23.2 Å². The van der Waals surface area contributed by atoms with Gasteiger partial charge in [-0.05, 0) is 30.3 Å². The lowest BCUT2D eigenvalue weighted by atomic mass is 10.2. The zero-order chi connectivity index (χ0) is 18.2. The van der Waals surface area contributed by atoms with Crippen LogP contribution in [0.15, 0.2) is 36.5 Å². The van der Waals surface area contributed by atoms with Gasteiger partial charge in [0.25, 0.3) is 5.91 Å². The molecule has 0 aliphatic rings. The van der Waals surface area contributed by atoms with Gasteiger partial charge in [0, 0.05) is 16.8 Å². The highest BCUT2D eigenvalue weighted by atomic mass is 35.5. The normalized spacial score (nSPS) is 11.7. The fourth-order valence-corrected chi connectivity index (χ4v) is 2.53. The Labute approximate surface area is 149 Å². The molecule has 130 valence electrons. The molecule has 0 radical (unpaired) electrons. The molecule has 0 aliphatic heterocycles. The maximum atomic E-state index is 13.1. The summed E-state index contributed by atoms with van der Waals surface area (Å²) in [7, 11) is 0. The lowest BCUT2D eigenvalue weighted by Gasteiger charge is -2.09. The van der Waals surface area contributed by atoms with Crippen molar-refractivity contribution in [3.05, 3.63) is 63.5 Å². The summed E-state index contributed by atoms with van der Waals surface area (Å²) >= 11 is 11.5. The molecule has 0 aliphatic carbocycles. The molecule has 0 saturated heterocycles. The molecule has 0 bridgehead atoms. The summed E-state index contributed by atoms with van der Waals surface area (Å²) in [6.07, 6.45) is -3.36. The second-order valence-electron chi connectivity index (χ2n) is 5.07. The number of nitrogens with zero attached hydrogens (tertiary/aromatic N) is 3. The first-order valence-electron chi connectivity index (χ1n) is 6.90. The summed E-state index contributed by atoms with van der Waals surface area (Å²) in [5.41, 5.74) is -1.03. The zero-order valence-corrected chi connectivity index (χ0v) is 13.8. The van der Waals surface area contributed by atoms with Gasteiger partial charge in [0.05, 0.1) is 11.6 Å². The topological polar surface area (TPSA) is 59.3 Å². The molecule has 10 heteroatoms. The fourth-order valence-electron chi connectivity index (χ4n) is 2.20. The van der Waals surface area contributed by atoms with Crippen LogP contribution in [-0.2, 0) is 12.7 Å². The molecule has 5 nitrogen and oxygen atoms in total. The molecule has 1 aromatic carbocycles. The number of carbonyl (C=O) groups is 1. The van der Waals surface area contributed by atoms with Gasteiger partial charge in [-0.15, -0.1) is 10.2 Å². The maximum Gasteiger partial charge on any atom is 0.420 e. The number of alkyl halides is 3. The van der Waals surface area contributed by atoms with E-state index < -0.39 is 17.6 Å². The number of halogens is 5. The Hall–Kier alpha value is -2.32. The highest BCUT2D eigenvalue weighted by Gasteiger charge is 2.35. The largest absolute Gasteiger partial charge is 0.420 e. The van der Waals surface area contributed by atoms with Crippen LogP contribution in [0.25, 0.3) is 5.65 Å². The first-order valence-corrected chi connectivity index (χ1v) is 7.65. The Bertz CT molecular complexity index is 938. The number of rotatable bonds is 3. The summed E-state index contributed by atoms with van der Waals surface area (Å²) in [5, 5.41) is 10.2. The van der Waals surface area contributed by atoms with Crippen molar-refractivity contribution in [3.8, 4) is 0 Å². The maximum absolute atomic E-state index is 13.1. The molecular weight excluding hydrogens is 380 g/mol. The van der Waals surface area contributed by atoms with E-state index in [9.17, 15) is 18.0 Å². The van der Waals surface area contributed by atoms with Crippen molar-refractivity contribution < 1.29 is 18.0 Å². The van der Waals surface area contributed by atoms with E-state index in [-0.39, 0.29) is 23.0 Å². The molecule has 0 saturated carbocycles. The van der Waals surface area contributed by atoms with Crippen LogP contribution in [0.2, 0.25) is 10.0 Å². The van der Waals surface area contributed by atoms with Crippen molar-refractivity contribution in [3.63, 3.8) is 0 Å². The third-order valence-corrected chi connectivity index (χ3v) is 3.82. The van der Waals surface area contributed by atoms with Gasteiger partial charge in [0.15, 0.2) is 11.5 Å². The minimum Gasteiger partial charge on any atom is -0.345 e. The molecule has 0 fully saturated rings. The van der Waals surface area contributed by atoms with Crippen molar-refractivity contribution >= 4 is 34.8 Å². The van der Waals surface area contributed by atoms with Crippen LogP contribution in [-0.4, -0.2) is 20.5 Å². The van der Waals surface area contributed by atoms with Gasteiger partial charge in [-0.3, -0.25) is 9.20 Å². The van der Waals surface area contributed by atoms with Gasteiger partial charge < -0.3 is 5.32 Å². The second-order valence-corrected chi connectivity index (χ2v) is 5.94. The van der Waals surface area contributed by atoms with E-state index in [0.717, 1.165) is 10.5 Å². The van der Waals surface area contributed by atoms with Gasteiger partial charge in [-0.25, -0.2) is 0 Å². The predicted octanol–water partition coefficient (Wildman–Crippen LogP) is 3.98. The van der Waals surface area contributed by atoms with Gasteiger partial charge in [0.1, 0.15) is 5.56 Å².